The number of thioether (sulfide) groups is 1. The number of guanidine groups is 1. The van der Waals surface area contributed by atoms with Crippen LogP contribution in [0.1, 0.15) is 63.4 Å². The zero-order valence-electron chi connectivity index (χ0n) is 19.1. The molecule has 0 bridgehead atoms. The van der Waals surface area contributed by atoms with Crippen LogP contribution in [0.4, 0.5) is 0 Å². The standard InChI is InChI=1S/C21H36N8OS/c1-5-22-19(24-15-21(2,30)16-13-25-28(3)14-16)23-12-8-11-18-26-27-20(31-4)29(18)17-9-6-7-10-17/h13-14,17,30H,5-12,15H2,1-4H3,(H2,22,23,24). The lowest BCUT2D eigenvalue weighted by Gasteiger charge is -2.20. The van der Waals surface area contributed by atoms with Crippen LogP contribution in [-0.4, -0.2) is 61.5 Å². The average molecular weight is 449 g/mol. The van der Waals surface area contributed by atoms with Gasteiger partial charge in [0.05, 0.1) is 12.7 Å². The highest BCUT2D eigenvalue weighted by molar-refractivity contribution is 7.98. The smallest absolute Gasteiger partial charge is 0.191 e. The maximum absolute atomic E-state index is 10.8. The molecule has 2 aromatic heterocycles. The van der Waals surface area contributed by atoms with Crippen LogP contribution in [0.2, 0.25) is 0 Å². The van der Waals surface area contributed by atoms with Crippen LogP contribution in [0.3, 0.4) is 0 Å². The van der Waals surface area contributed by atoms with Crippen LogP contribution >= 0.6 is 11.8 Å². The Hall–Kier alpha value is -2.07. The maximum atomic E-state index is 10.8. The van der Waals surface area contributed by atoms with E-state index in [1.165, 1.54) is 25.7 Å². The zero-order valence-corrected chi connectivity index (χ0v) is 20.0. The third-order valence-corrected chi connectivity index (χ3v) is 6.34. The van der Waals surface area contributed by atoms with Gasteiger partial charge >= 0.3 is 0 Å². The maximum Gasteiger partial charge on any atom is 0.191 e. The molecule has 1 unspecified atom stereocenters. The first-order valence-corrected chi connectivity index (χ1v) is 12.4. The van der Waals surface area contributed by atoms with Gasteiger partial charge in [-0.25, -0.2) is 4.99 Å². The van der Waals surface area contributed by atoms with Gasteiger partial charge in [0.1, 0.15) is 11.4 Å². The van der Waals surface area contributed by atoms with E-state index in [0.717, 1.165) is 42.5 Å². The lowest BCUT2D eigenvalue weighted by molar-refractivity contribution is 0.0672. The molecule has 0 spiro atoms. The predicted molar refractivity (Wildman–Crippen MR) is 124 cm³/mol. The van der Waals surface area contributed by atoms with Crippen molar-refractivity contribution < 1.29 is 5.11 Å². The Balaban J connectivity index is 1.54. The molecular weight excluding hydrogens is 412 g/mol. The fourth-order valence-electron chi connectivity index (χ4n) is 3.96. The molecule has 10 heteroatoms. The van der Waals surface area contributed by atoms with E-state index < -0.39 is 5.60 Å². The molecule has 0 amide bonds. The highest BCUT2D eigenvalue weighted by Gasteiger charge is 2.25. The van der Waals surface area contributed by atoms with E-state index in [1.807, 2.05) is 20.2 Å². The summed E-state index contributed by atoms with van der Waals surface area (Å²) >= 11 is 1.68. The molecule has 0 radical (unpaired) electrons. The van der Waals surface area contributed by atoms with Crippen LogP contribution in [-0.2, 0) is 19.1 Å². The Morgan fingerprint density at radius 2 is 2.10 bits per heavy atom. The van der Waals surface area contributed by atoms with Gasteiger partial charge in [-0.3, -0.25) is 4.68 Å². The van der Waals surface area contributed by atoms with Gasteiger partial charge in [0.15, 0.2) is 11.1 Å². The molecule has 2 aromatic rings. The van der Waals surface area contributed by atoms with Crippen molar-refractivity contribution in [3.05, 3.63) is 23.8 Å². The molecule has 0 saturated heterocycles. The normalized spacial score (nSPS) is 17.1. The summed E-state index contributed by atoms with van der Waals surface area (Å²) in [7, 11) is 1.84. The monoisotopic (exact) mass is 448 g/mol. The van der Waals surface area contributed by atoms with E-state index in [-0.39, 0.29) is 6.54 Å². The highest BCUT2D eigenvalue weighted by Crippen LogP contribution is 2.33. The second kappa shape index (κ2) is 11.0. The molecule has 9 nitrogen and oxygen atoms in total. The number of nitrogens with zero attached hydrogens (tertiary/aromatic N) is 6. The molecule has 1 fully saturated rings. The largest absolute Gasteiger partial charge is 0.383 e. The van der Waals surface area contributed by atoms with Crippen molar-refractivity contribution in [1.82, 2.24) is 35.2 Å². The Morgan fingerprint density at radius 3 is 2.74 bits per heavy atom. The molecule has 31 heavy (non-hydrogen) atoms. The summed E-state index contributed by atoms with van der Waals surface area (Å²) in [6, 6.07) is 0.550. The molecule has 1 aliphatic carbocycles. The average Bonchev–Trinajstić information content (AvgIpc) is 3.49. The lowest BCUT2D eigenvalue weighted by atomic mass is 10.0. The molecule has 1 aliphatic rings. The van der Waals surface area contributed by atoms with Gasteiger partial charge in [-0.05, 0) is 39.4 Å². The van der Waals surface area contributed by atoms with E-state index in [4.69, 9.17) is 0 Å². The first-order valence-electron chi connectivity index (χ1n) is 11.2. The van der Waals surface area contributed by atoms with E-state index in [9.17, 15) is 5.11 Å². The van der Waals surface area contributed by atoms with Gasteiger partial charge in [0.25, 0.3) is 0 Å². The molecule has 0 aromatic carbocycles. The summed E-state index contributed by atoms with van der Waals surface area (Å²) in [5.74, 6) is 1.79. The molecule has 0 aliphatic heterocycles. The highest BCUT2D eigenvalue weighted by atomic mass is 32.2. The minimum atomic E-state index is -1.07. The summed E-state index contributed by atoms with van der Waals surface area (Å²) in [6.07, 6.45) is 12.4. The summed E-state index contributed by atoms with van der Waals surface area (Å²) < 4.78 is 4.05. The molecule has 1 saturated carbocycles. The number of aromatic nitrogens is 5. The van der Waals surface area contributed by atoms with Crippen molar-refractivity contribution in [3.63, 3.8) is 0 Å². The molecule has 172 valence electrons. The summed E-state index contributed by atoms with van der Waals surface area (Å²) in [4.78, 5) is 4.58. The Labute approximate surface area is 189 Å². The van der Waals surface area contributed by atoms with Gasteiger partial charge < -0.3 is 20.3 Å². The number of aliphatic imine (C=N–C) groups is 1. The van der Waals surface area contributed by atoms with Gasteiger partial charge in [0.2, 0.25) is 0 Å². The Morgan fingerprint density at radius 1 is 1.32 bits per heavy atom. The summed E-state index contributed by atoms with van der Waals surface area (Å²) in [5, 5.41) is 31.4. The minimum absolute atomic E-state index is 0.251. The lowest BCUT2D eigenvalue weighted by Crippen LogP contribution is -2.39. The summed E-state index contributed by atoms with van der Waals surface area (Å²) in [5.41, 5.74) is -0.312. The fraction of sp³-hybridized carbons (Fsp3) is 0.714. The fourth-order valence-corrected chi connectivity index (χ4v) is 4.54. The van der Waals surface area contributed by atoms with E-state index in [0.29, 0.717) is 12.0 Å². The number of rotatable bonds is 10. The quantitative estimate of drug-likeness (QED) is 0.222. The molecule has 3 N–H and O–H groups in total. The first-order chi connectivity index (χ1) is 14.9. The van der Waals surface area contributed by atoms with Crippen LogP contribution in [0.25, 0.3) is 0 Å². The van der Waals surface area contributed by atoms with Crippen molar-refractivity contribution >= 4 is 17.7 Å². The number of nitrogens with one attached hydrogen (secondary N) is 2. The van der Waals surface area contributed by atoms with Crippen molar-refractivity contribution in [1.29, 1.82) is 0 Å². The summed E-state index contributed by atoms with van der Waals surface area (Å²) in [6.45, 7) is 5.57. The van der Waals surface area contributed by atoms with Gasteiger partial charge in [-0.15, -0.1) is 10.2 Å². The third kappa shape index (κ3) is 6.22. The van der Waals surface area contributed by atoms with E-state index in [2.05, 4.69) is 41.7 Å². The second-order valence-electron chi connectivity index (χ2n) is 8.31. The molecular formula is C21H36N8OS. The number of aliphatic hydroxyl groups is 1. The minimum Gasteiger partial charge on any atom is -0.383 e. The van der Waals surface area contributed by atoms with Crippen LogP contribution < -0.4 is 10.6 Å². The van der Waals surface area contributed by atoms with Gasteiger partial charge in [-0.1, -0.05) is 24.6 Å². The number of aryl methyl sites for hydroxylation is 2. The topological polar surface area (TPSA) is 105 Å². The van der Waals surface area contributed by atoms with Gasteiger partial charge in [-0.2, -0.15) is 5.10 Å². The van der Waals surface area contributed by atoms with Crippen LogP contribution in [0.5, 0.6) is 0 Å². The number of hydrogen-bond donors (Lipinski definition) is 3. The Bertz CT molecular complexity index is 853. The Kier molecular flexibility index (Phi) is 8.36. The second-order valence-corrected chi connectivity index (χ2v) is 9.09. The SMILES string of the molecule is CCNC(=NCC(C)(O)c1cnn(C)c1)NCCCc1nnc(SC)n1C1CCCC1. The van der Waals surface area contributed by atoms with Crippen LogP contribution in [0.15, 0.2) is 22.5 Å². The number of hydrogen-bond acceptors (Lipinski definition) is 6. The van der Waals surface area contributed by atoms with Gasteiger partial charge in [0, 0.05) is 44.4 Å². The van der Waals surface area contributed by atoms with Crippen LogP contribution in [0, 0.1) is 0 Å². The van der Waals surface area contributed by atoms with E-state index in [1.54, 1.807) is 29.6 Å². The molecule has 2 heterocycles. The predicted octanol–water partition coefficient (Wildman–Crippen LogP) is 2.24. The first kappa shape index (κ1) is 23.6. The van der Waals surface area contributed by atoms with Crippen molar-refractivity contribution in [2.75, 3.05) is 25.9 Å². The van der Waals surface area contributed by atoms with Crippen molar-refractivity contribution in [2.24, 2.45) is 12.0 Å². The van der Waals surface area contributed by atoms with E-state index >= 15 is 0 Å². The molecule has 1 atom stereocenters. The third-order valence-electron chi connectivity index (χ3n) is 5.69. The van der Waals surface area contributed by atoms with Crippen molar-refractivity contribution in [3.8, 4) is 0 Å². The molecule has 3 rings (SSSR count). The van der Waals surface area contributed by atoms with Crippen molar-refractivity contribution in [2.45, 2.75) is 69.2 Å². The zero-order chi connectivity index (χ0) is 22.3.